The molecule has 2 saturated carbocycles. The van der Waals surface area contributed by atoms with Crippen molar-refractivity contribution in [2.45, 2.75) is 86.2 Å². The molecule has 1 N–H and O–H groups in total. The lowest BCUT2D eigenvalue weighted by Gasteiger charge is -2.36. The quantitative estimate of drug-likeness (QED) is 0.705. The van der Waals surface area contributed by atoms with Gasteiger partial charge in [-0.3, -0.25) is 4.79 Å². The van der Waals surface area contributed by atoms with E-state index in [1.54, 1.807) is 0 Å². The number of carbonyl (C=O) groups excluding carboxylic acids is 1. The van der Waals surface area contributed by atoms with E-state index in [-0.39, 0.29) is 11.5 Å². The summed E-state index contributed by atoms with van der Waals surface area (Å²) in [6.07, 6.45) is 6.02. The van der Waals surface area contributed by atoms with E-state index in [9.17, 15) is 9.90 Å². The molecule has 0 heterocycles. The normalized spacial score (nSPS) is 36.0. The Balaban J connectivity index is 0.000000200. The molecule has 2 aliphatic rings. The summed E-state index contributed by atoms with van der Waals surface area (Å²) in [5.74, 6) is 1.76. The highest BCUT2D eigenvalue weighted by molar-refractivity contribution is 5.80. The first-order valence-corrected chi connectivity index (χ1v) is 8.19. The van der Waals surface area contributed by atoms with Crippen LogP contribution in [0.1, 0.15) is 80.1 Å². The van der Waals surface area contributed by atoms with E-state index < -0.39 is 0 Å². The number of aliphatic hydroxyl groups excluding tert-OH is 1. The van der Waals surface area contributed by atoms with Crippen molar-refractivity contribution >= 4 is 5.78 Å². The molecule has 2 fully saturated rings. The third-order valence-electron chi connectivity index (χ3n) is 4.52. The fourth-order valence-electron chi connectivity index (χ4n) is 4.38. The Morgan fingerprint density at radius 2 is 1.50 bits per heavy atom. The van der Waals surface area contributed by atoms with Crippen LogP contribution in [0.3, 0.4) is 0 Å². The van der Waals surface area contributed by atoms with Crippen LogP contribution in [0, 0.1) is 22.7 Å². The second-order valence-electron chi connectivity index (χ2n) is 8.96. The van der Waals surface area contributed by atoms with Gasteiger partial charge in [0.05, 0.1) is 6.10 Å². The Morgan fingerprint density at radius 1 is 0.950 bits per heavy atom. The molecule has 0 radical (unpaired) electrons. The Morgan fingerprint density at radius 3 is 1.90 bits per heavy atom. The molecule has 0 aromatic rings. The summed E-state index contributed by atoms with van der Waals surface area (Å²) in [5, 5.41) is 9.42. The molecular weight excluding hydrogens is 248 g/mol. The number of hydrogen-bond acceptors (Lipinski definition) is 2. The molecule has 2 rings (SSSR count). The topological polar surface area (TPSA) is 37.3 Å². The van der Waals surface area contributed by atoms with Gasteiger partial charge in [0.25, 0.3) is 0 Å². The van der Waals surface area contributed by atoms with Gasteiger partial charge >= 0.3 is 0 Å². The van der Waals surface area contributed by atoms with E-state index in [0.29, 0.717) is 23.0 Å². The maximum atomic E-state index is 11.1. The molecule has 0 aliphatic heterocycles. The van der Waals surface area contributed by atoms with Crippen LogP contribution in [0.5, 0.6) is 0 Å². The predicted octanol–water partition coefficient (Wildman–Crippen LogP) is 4.60. The second kappa shape index (κ2) is 6.60. The molecule has 2 heteroatoms. The summed E-state index contributed by atoms with van der Waals surface area (Å²) < 4.78 is 0. The van der Waals surface area contributed by atoms with Gasteiger partial charge < -0.3 is 5.11 Å². The van der Waals surface area contributed by atoms with Crippen molar-refractivity contribution in [2.75, 3.05) is 0 Å². The lowest BCUT2D eigenvalue weighted by Crippen LogP contribution is -2.30. The zero-order valence-electron chi connectivity index (χ0n) is 14.3. The van der Waals surface area contributed by atoms with Gasteiger partial charge in [-0.15, -0.1) is 0 Å². The zero-order chi connectivity index (χ0) is 15.6. The van der Waals surface area contributed by atoms with Gasteiger partial charge in [-0.1, -0.05) is 41.5 Å². The Hall–Kier alpha value is -0.370. The van der Waals surface area contributed by atoms with Gasteiger partial charge in [-0.05, 0) is 48.3 Å². The molecule has 3 unspecified atom stereocenters. The molecule has 0 aromatic heterocycles. The van der Waals surface area contributed by atoms with Crippen LogP contribution in [-0.4, -0.2) is 17.0 Å². The molecular formula is C18H34O2. The van der Waals surface area contributed by atoms with Crippen molar-refractivity contribution < 1.29 is 9.90 Å². The average Bonchev–Trinajstić information content (AvgIpc) is 2.08. The van der Waals surface area contributed by atoms with Gasteiger partial charge in [-0.25, -0.2) is 0 Å². The minimum atomic E-state index is -0.0428. The first-order chi connectivity index (χ1) is 8.99. The minimum absolute atomic E-state index is 0.0428. The summed E-state index contributed by atoms with van der Waals surface area (Å²) in [4.78, 5) is 11.1. The summed E-state index contributed by atoms with van der Waals surface area (Å²) in [6.45, 7) is 13.2. The molecule has 0 bridgehead atoms. The number of carbonyl (C=O) groups is 1. The second-order valence-corrected chi connectivity index (χ2v) is 8.96. The summed E-state index contributed by atoms with van der Waals surface area (Å²) >= 11 is 0. The van der Waals surface area contributed by atoms with Crippen LogP contribution in [-0.2, 0) is 4.79 Å². The molecule has 0 saturated heterocycles. The highest BCUT2D eigenvalue weighted by atomic mass is 16.3. The molecule has 0 spiro atoms. The summed E-state index contributed by atoms with van der Waals surface area (Å²) in [5.41, 5.74) is 0.645. The van der Waals surface area contributed by atoms with Crippen LogP contribution >= 0.6 is 0 Å². The van der Waals surface area contributed by atoms with E-state index in [1.165, 1.54) is 12.8 Å². The number of Topliss-reactive ketones (excluding diaryl/α,β-unsaturated/α-hetero) is 1. The van der Waals surface area contributed by atoms with E-state index in [1.807, 2.05) is 0 Å². The van der Waals surface area contributed by atoms with Crippen molar-refractivity contribution in [3.8, 4) is 0 Å². The molecule has 0 aromatic carbocycles. The van der Waals surface area contributed by atoms with Crippen molar-refractivity contribution in [2.24, 2.45) is 22.7 Å². The number of aliphatic hydroxyl groups is 1. The molecule has 2 aliphatic carbocycles. The van der Waals surface area contributed by atoms with Crippen molar-refractivity contribution in [3.63, 3.8) is 0 Å². The van der Waals surface area contributed by atoms with Crippen LogP contribution in [0.4, 0.5) is 0 Å². The fourth-order valence-corrected chi connectivity index (χ4v) is 4.38. The van der Waals surface area contributed by atoms with E-state index in [2.05, 4.69) is 41.5 Å². The van der Waals surface area contributed by atoms with Crippen LogP contribution in [0.15, 0.2) is 0 Å². The first-order valence-electron chi connectivity index (χ1n) is 8.19. The smallest absolute Gasteiger partial charge is 0.133 e. The van der Waals surface area contributed by atoms with Crippen molar-refractivity contribution in [3.05, 3.63) is 0 Å². The number of hydrogen-bond donors (Lipinski definition) is 1. The van der Waals surface area contributed by atoms with Gasteiger partial charge in [0.1, 0.15) is 5.78 Å². The predicted molar refractivity (Wildman–Crippen MR) is 84.6 cm³/mol. The summed E-state index contributed by atoms with van der Waals surface area (Å²) in [6, 6.07) is 0. The lowest BCUT2D eigenvalue weighted by molar-refractivity contribution is -0.124. The third kappa shape index (κ3) is 6.39. The van der Waals surface area contributed by atoms with Gasteiger partial charge in [0.15, 0.2) is 0 Å². The molecule has 0 amide bonds. The monoisotopic (exact) mass is 282 g/mol. The Bertz CT molecular complexity index is 318. The fraction of sp³-hybridized carbons (Fsp3) is 0.944. The maximum Gasteiger partial charge on any atom is 0.133 e. The average molecular weight is 282 g/mol. The third-order valence-corrected chi connectivity index (χ3v) is 4.52. The molecule has 3 atom stereocenters. The minimum Gasteiger partial charge on any atom is -0.393 e. The van der Waals surface area contributed by atoms with Crippen LogP contribution < -0.4 is 0 Å². The molecule has 118 valence electrons. The lowest BCUT2D eigenvalue weighted by atomic mass is 9.72. The van der Waals surface area contributed by atoms with E-state index >= 15 is 0 Å². The molecule has 20 heavy (non-hydrogen) atoms. The van der Waals surface area contributed by atoms with Crippen molar-refractivity contribution in [1.82, 2.24) is 0 Å². The standard InChI is InChI=1S/C9H18O.C9H16O/c2*1-7-4-8(10)6-9(2,3)5-7/h7-8,10H,4-6H2,1-3H3;7H,4-6H2,1-3H3. The van der Waals surface area contributed by atoms with Crippen LogP contribution in [0.2, 0.25) is 0 Å². The van der Waals surface area contributed by atoms with Crippen molar-refractivity contribution in [1.29, 1.82) is 0 Å². The first kappa shape index (κ1) is 17.7. The van der Waals surface area contributed by atoms with Gasteiger partial charge in [0.2, 0.25) is 0 Å². The highest BCUT2D eigenvalue weighted by Gasteiger charge is 2.31. The number of ketones is 1. The summed E-state index contributed by atoms with van der Waals surface area (Å²) in [7, 11) is 0. The zero-order valence-corrected chi connectivity index (χ0v) is 14.3. The Kier molecular flexibility index (Phi) is 5.83. The van der Waals surface area contributed by atoms with E-state index in [4.69, 9.17) is 0 Å². The SMILES string of the molecule is CC1CC(=O)CC(C)(C)C1.CC1CC(O)CC(C)(C)C1. The van der Waals surface area contributed by atoms with Crippen LogP contribution in [0.25, 0.3) is 0 Å². The molecule has 2 nitrogen and oxygen atoms in total. The largest absolute Gasteiger partial charge is 0.393 e. The highest BCUT2D eigenvalue weighted by Crippen LogP contribution is 2.38. The maximum absolute atomic E-state index is 11.1. The van der Waals surface area contributed by atoms with Gasteiger partial charge in [0, 0.05) is 12.8 Å². The van der Waals surface area contributed by atoms with E-state index in [0.717, 1.165) is 25.7 Å². The number of rotatable bonds is 0. The van der Waals surface area contributed by atoms with Gasteiger partial charge in [-0.2, -0.15) is 0 Å². The Labute approximate surface area is 125 Å².